The van der Waals surface area contributed by atoms with Crippen LogP contribution in [-0.4, -0.2) is 25.3 Å². The van der Waals surface area contributed by atoms with Crippen LogP contribution in [-0.2, 0) is 4.74 Å². The molecular weight excluding hydrogens is 138 g/mol. The van der Waals surface area contributed by atoms with E-state index in [0.717, 1.165) is 13.0 Å². The highest BCUT2D eigenvalue weighted by Crippen LogP contribution is 2.15. The van der Waals surface area contributed by atoms with Crippen LogP contribution in [0.2, 0.25) is 0 Å². The largest absolute Gasteiger partial charge is 0.371 e. The van der Waals surface area contributed by atoms with Gasteiger partial charge in [-0.3, -0.25) is 0 Å². The Kier molecular flexibility index (Phi) is 4.69. The van der Waals surface area contributed by atoms with E-state index in [4.69, 9.17) is 4.74 Å². The van der Waals surface area contributed by atoms with Gasteiger partial charge in [0.1, 0.15) is 0 Å². The molecule has 0 heterocycles. The molecule has 0 aromatic rings. The van der Waals surface area contributed by atoms with Gasteiger partial charge in [0.25, 0.3) is 0 Å². The Hall–Kier alpha value is -0.0800. The summed E-state index contributed by atoms with van der Waals surface area (Å²) in [7, 11) is 1.96. The number of hydrogen-bond acceptors (Lipinski definition) is 2. The molecule has 2 nitrogen and oxygen atoms in total. The lowest BCUT2D eigenvalue weighted by atomic mass is 10.0. The average molecular weight is 159 g/mol. The second-order valence-electron chi connectivity index (χ2n) is 3.50. The lowest BCUT2D eigenvalue weighted by Gasteiger charge is -2.30. The third kappa shape index (κ3) is 4.38. The first-order valence-electron chi connectivity index (χ1n) is 4.36. The molecule has 0 saturated carbocycles. The minimum absolute atomic E-state index is 0.00289. The molecule has 0 aromatic heterocycles. The van der Waals surface area contributed by atoms with Crippen LogP contribution in [0.15, 0.2) is 0 Å². The number of nitrogens with one attached hydrogen (secondary N) is 1. The predicted octanol–water partition coefficient (Wildman–Crippen LogP) is 1.80. The first-order valence-corrected chi connectivity index (χ1v) is 4.36. The fourth-order valence-corrected chi connectivity index (χ4v) is 1.19. The molecule has 1 unspecified atom stereocenters. The van der Waals surface area contributed by atoms with Gasteiger partial charge >= 0.3 is 0 Å². The maximum atomic E-state index is 5.76. The summed E-state index contributed by atoms with van der Waals surface area (Å²) < 4.78 is 5.76. The molecule has 0 rings (SSSR count). The number of likely N-dealkylation sites (N-methyl/N-ethyl adjacent to an activating group) is 1. The molecule has 0 aliphatic rings. The predicted molar refractivity (Wildman–Crippen MR) is 48.8 cm³/mol. The van der Waals surface area contributed by atoms with Gasteiger partial charge in [-0.2, -0.15) is 0 Å². The number of hydrogen-bond donors (Lipinski definition) is 1. The van der Waals surface area contributed by atoms with Crippen molar-refractivity contribution in [3.63, 3.8) is 0 Å². The Balaban J connectivity index is 3.87. The minimum Gasteiger partial charge on any atom is -0.371 e. The minimum atomic E-state index is 0.00289. The topological polar surface area (TPSA) is 21.3 Å². The van der Waals surface area contributed by atoms with Gasteiger partial charge in [0.05, 0.1) is 11.7 Å². The molecule has 0 aromatic carbocycles. The summed E-state index contributed by atoms with van der Waals surface area (Å²) in [6.07, 6.45) is 1.36. The highest BCUT2D eigenvalue weighted by Gasteiger charge is 2.22. The second-order valence-corrected chi connectivity index (χ2v) is 3.50. The molecule has 2 heteroatoms. The SMILES string of the molecule is CCC(C)(CNC)OC(C)C. The molecule has 0 saturated heterocycles. The Bertz CT molecular complexity index is 104. The Morgan fingerprint density at radius 2 is 2.00 bits per heavy atom. The van der Waals surface area contributed by atoms with Crippen LogP contribution in [0.5, 0.6) is 0 Å². The summed E-state index contributed by atoms with van der Waals surface area (Å²) in [6, 6.07) is 0. The summed E-state index contributed by atoms with van der Waals surface area (Å²) in [5, 5.41) is 3.14. The first-order chi connectivity index (χ1) is 5.04. The van der Waals surface area contributed by atoms with Gasteiger partial charge in [-0.25, -0.2) is 0 Å². The monoisotopic (exact) mass is 159 g/mol. The van der Waals surface area contributed by atoms with Crippen LogP contribution < -0.4 is 5.32 Å². The molecule has 0 amide bonds. The van der Waals surface area contributed by atoms with Crippen molar-refractivity contribution in [2.75, 3.05) is 13.6 Å². The smallest absolute Gasteiger partial charge is 0.0779 e. The van der Waals surface area contributed by atoms with Crippen molar-refractivity contribution in [3.05, 3.63) is 0 Å². The highest BCUT2D eigenvalue weighted by molar-refractivity contribution is 4.76. The van der Waals surface area contributed by atoms with Gasteiger partial charge in [-0.05, 0) is 34.2 Å². The standard InChI is InChI=1S/C9H21NO/c1-6-9(4,7-10-5)11-8(2)3/h8,10H,6-7H2,1-5H3. The zero-order chi connectivity index (χ0) is 8.91. The lowest BCUT2D eigenvalue weighted by molar-refractivity contribution is -0.0675. The number of ether oxygens (including phenoxy) is 1. The van der Waals surface area contributed by atoms with Crippen LogP contribution in [0.3, 0.4) is 0 Å². The van der Waals surface area contributed by atoms with E-state index in [1.165, 1.54) is 0 Å². The van der Waals surface area contributed by atoms with Gasteiger partial charge in [-0.1, -0.05) is 6.92 Å². The molecular formula is C9H21NO. The van der Waals surface area contributed by atoms with E-state index in [1.807, 2.05) is 7.05 Å². The molecule has 0 radical (unpaired) electrons. The van der Waals surface area contributed by atoms with Crippen LogP contribution in [0.4, 0.5) is 0 Å². The van der Waals surface area contributed by atoms with E-state index in [-0.39, 0.29) is 5.60 Å². The van der Waals surface area contributed by atoms with Crippen molar-refractivity contribution in [1.29, 1.82) is 0 Å². The van der Waals surface area contributed by atoms with Crippen molar-refractivity contribution in [1.82, 2.24) is 5.32 Å². The van der Waals surface area contributed by atoms with Crippen molar-refractivity contribution >= 4 is 0 Å². The third-order valence-corrected chi connectivity index (χ3v) is 1.82. The third-order valence-electron chi connectivity index (χ3n) is 1.82. The van der Waals surface area contributed by atoms with E-state index in [2.05, 4.69) is 33.0 Å². The summed E-state index contributed by atoms with van der Waals surface area (Å²) in [6.45, 7) is 9.36. The van der Waals surface area contributed by atoms with Gasteiger partial charge in [0, 0.05) is 6.54 Å². The normalized spacial score (nSPS) is 16.9. The van der Waals surface area contributed by atoms with Crippen molar-refractivity contribution < 1.29 is 4.74 Å². The van der Waals surface area contributed by atoms with Gasteiger partial charge in [0.2, 0.25) is 0 Å². The summed E-state index contributed by atoms with van der Waals surface area (Å²) in [5.41, 5.74) is 0.00289. The van der Waals surface area contributed by atoms with E-state index in [0.29, 0.717) is 6.10 Å². The second kappa shape index (κ2) is 4.73. The fourth-order valence-electron chi connectivity index (χ4n) is 1.19. The first kappa shape index (κ1) is 10.9. The quantitative estimate of drug-likeness (QED) is 0.660. The van der Waals surface area contributed by atoms with E-state index in [1.54, 1.807) is 0 Å². The summed E-state index contributed by atoms with van der Waals surface area (Å²) in [5.74, 6) is 0. The Morgan fingerprint density at radius 1 is 1.45 bits per heavy atom. The van der Waals surface area contributed by atoms with Crippen molar-refractivity contribution in [2.24, 2.45) is 0 Å². The number of rotatable bonds is 5. The van der Waals surface area contributed by atoms with E-state index < -0.39 is 0 Å². The summed E-state index contributed by atoms with van der Waals surface area (Å²) in [4.78, 5) is 0. The average Bonchev–Trinajstić information content (AvgIpc) is 1.87. The fraction of sp³-hybridized carbons (Fsp3) is 1.00. The molecule has 11 heavy (non-hydrogen) atoms. The Labute approximate surface area is 70.3 Å². The van der Waals surface area contributed by atoms with E-state index in [9.17, 15) is 0 Å². The molecule has 0 fully saturated rings. The summed E-state index contributed by atoms with van der Waals surface area (Å²) >= 11 is 0. The van der Waals surface area contributed by atoms with Crippen molar-refractivity contribution in [3.8, 4) is 0 Å². The molecule has 0 spiro atoms. The van der Waals surface area contributed by atoms with Crippen LogP contribution >= 0.6 is 0 Å². The highest BCUT2D eigenvalue weighted by atomic mass is 16.5. The zero-order valence-corrected chi connectivity index (χ0v) is 8.40. The molecule has 1 atom stereocenters. The van der Waals surface area contributed by atoms with Crippen LogP contribution in [0, 0.1) is 0 Å². The van der Waals surface area contributed by atoms with Crippen LogP contribution in [0.25, 0.3) is 0 Å². The molecule has 1 N–H and O–H groups in total. The maximum Gasteiger partial charge on any atom is 0.0779 e. The van der Waals surface area contributed by atoms with Gasteiger partial charge in [-0.15, -0.1) is 0 Å². The zero-order valence-electron chi connectivity index (χ0n) is 8.40. The molecule has 0 bridgehead atoms. The lowest BCUT2D eigenvalue weighted by Crippen LogP contribution is -2.40. The van der Waals surface area contributed by atoms with Crippen LogP contribution in [0.1, 0.15) is 34.1 Å². The maximum absolute atomic E-state index is 5.76. The van der Waals surface area contributed by atoms with Gasteiger partial charge in [0.15, 0.2) is 0 Å². The molecule has 0 aliphatic heterocycles. The van der Waals surface area contributed by atoms with E-state index >= 15 is 0 Å². The van der Waals surface area contributed by atoms with Gasteiger partial charge < -0.3 is 10.1 Å². The molecule has 68 valence electrons. The molecule has 0 aliphatic carbocycles. The van der Waals surface area contributed by atoms with Crippen molar-refractivity contribution in [2.45, 2.75) is 45.8 Å². The Morgan fingerprint density at radius 3 is 2.27 bits per heavy atom.